The molecule has 1 fully saturated rings. The molecular weight excluding hydrogens is 222 g/mol. The van der Waals surface area contributed by atoms with E-state index >= 15 is 0 Å². The molecule has 0 bridgehead atoms. The zero-order valence-electron chi connectivity index (χ0n) is 9.00. The van der Waals surface area contributed by atoms with Crippen LogP contribution < -0.4 is 10.1 Å². The monoisotopic (exact) mass is 235 g/mol. The van der Waals surface area contributed by atoms with Crippen molar-refractivity contribution in [2.45, 2.75) is 25.4 Å². The molecule has 0 heterocycles. The molecular formula is C13H14ClNO. The number of hydrogen-bond acceptors (Lipinski definition) is 2. The fourth-order valence-electron chi connectivity index (χ4n) is 1.50. The molecule has 0 saturated heterocycles. The highest BCUT2D eigenvalue weighted by Gasteiger charge is 2.21. The van der Waals surface area contributed by atoms with Crippen molar-refractivity contribution >= 4 is 11.6 Å². The zero-order valence-corrected chi connectivity index (χ0v) is 9.76. The molecule has 0 radical (unpaired) electrons. The molecule has 2 nitrogen and oxygen atoms in total. The van der Waals surface area contributed by atoms with E-state index in [1.54, 1.807) is 0 Å². The largest absolute Gasteiger partial charge is 0.481 e. The molecule has 2 rings (SSSR count). The number of terminal acetylenes is 1. The van der Waals surface area contributed by atoms with Crippen molar-refractivity contribution < 1.29 is 4.74 Å². The fraction of sp³-hybridized carbons (Fsp3) is 0.385. The average molecular weight is 236 g/mol. The summed E-state index contributed by atoms with van der Waals surface area (Å²) in [7, 11) is 0. The molecule has 0 aromatic heterocycles. The van der Waals surface area contributed by atoms with E-state index in [1.165, 1.54) is 12.8 Å². The highest BCUT2D eigenvalue weighted by molar-refractivity contribution is 6.31. The Balaban J connectivity index is 2.08. The topological polar surface area (TPSA) is 21.3 Å². The van der Waals surface area contributed by atoms with Crippen molar-refractivity contribution in [1.82, 2.24) is 5.32 Å². The Hall–Kier alpha value is -1.17. The number of benzene rings is 1. The predicted octanol–water partition coefficient (Wildman–Crippen LogP) is 2.60. The van der Waals surface area contributed by atoms with Gasteiger partial charge in [-0.2, -0.15) is 0 Å². The van der Waals surface area contributed by atoms with Gasteiger partial charge in [0.2, 0.25) is 0 Å². The number of nitrogens with one attached hydrogen (secondary N) is 1. The molecule has 0 aliphatic heterocycles. The lowest BCUT2D eigenvalue weighted by atomic mass is 10.2. The quantitative estimate of drug-likeness (QED) is 0.793. The molecule has 84 valence electrons. The molecule has 1 aromatic carbocycles. The van der Waals surface area contributed by atoms with Gasteiger partial charge in [-0.05, 0) is 25.0 Å². The minimum atomic E-state index is 0.275. The van der Waals surface area contributed by atoms with E-state index in [1.807, 2.05) is 18.2 Å². The molecule has 1 saturated carbocycles. The van der Waals surface area contributed by atoms with Crippen molar-refractivity contribution in [2.75, 3.05) is 6.61 Å². The third kappa shape index (κ3) is 2.91. The number of halogens is 1. The number of rotatable bonds is 5. The van der Waals surface area contributed by atoms with E-state index in [4.69, 9.17) is 22.8 Å². The van der Waals surface area contributed by atoms with Gasteiger partial charge in [0.15, 0.2) is 0 Å². The summed E-state index contributed by atoms with van der Waals surface area (Å²) in [6.07, 6.45) is 7.68. The summed E-state index contributed by atoms with van der Waals surface area (Å²) in [5.41, 5.74) is 0.992. The van der Waals surface area contributed by atoms with Crippen LogP contribution in [-0.2, 0) is 6.54 Å². The highest BCUT2D eigenvalue weighted by Crippen LogP contribution is 2.28. The van der Waals surface area contributed by atoms with E-state index < -0.39 is 0 Å². The Morgan fingerprint density at radius 2 is 2.31 bits per heavy atom. The van der Waals surface area contributed by atoms with E-state index in [0.717, 1.165) is 22.9 Å². The van der Waals surface area contributed by atoms with E-state index in [2.05, 4.69) is 11.2 Å². The van der Waals surface area contributed by atoms with Crippen LogP contribution in [-0.4, -0.2) is 12.6 Å². The lowest BCUT2D eigenvalue weighted by Crippen LogP contribution is -2.16. The summed E-state index contributed by atoms with van der Waals surface area (Å²) in [6.45, 7) is 1.01. The second kappa shape index (κ2) is 5.25. The van der Waals surface area contributed by atoms with Crippen molar-refractivity contribution in [3.8, 4) is 18.1 Å². The third-order valence-electron chi connectivity index (χ3n) is 2.53. The minimum Gasteiger partial charge on any atom is -0.481 e. The zero-order chi connectivity index (χ0) is 11.4. The van der Waals surface area contributed by atoms with Gasteiger partial charge in [-0.3, -0.25) is 0 Å². The first-order valence-electron chi connectivity index (χ1n) is 5.38. The summed E-state index contributed by atoms with van der Waals surface area (Å²) in [4.78, 5) is 0. The van der Waals surface area contributed by atoms with Crippen LogP contribution in [0.2, 0.25) is 5.02 Å². The fourth-order valence-corrected chi connectivity index (χ4v) is 1.73. The van der Waals surface area contributed by atoms with Crippen molar-refractivity contribution in [2.24, 2.45) is 0 Å². The van der Waals surface area contributed by atoms with Crippen LogP contribution in [0.15, 0.2) is 18.2 Å². The lowest BCUT2D eigenvalue weighted by molar-refractivity contribution is 0.365. The summed E-state index contributed by atoms with van der Waals surface area (Å²) in [5.74, 6) is 3.23. The maximum absolute atomic E-state index is 6.14. The van der Waals surface area contributed by atoms with E-state index in [0.29, 0.717) is 6.04 Å². The molecule has 1 N–H and O–H groups in total. The summed E-state index contributed by atoms with van der Waals surface area (Å²) in [6, 6.07) is 6.28. The molecule has 1 aliphatic rings. The highest BCUT2D eigenvalue weighted by atomic mass is 35.5. The first-order chi connectivity index (χ1) is 7.81. The predicted molar refractivity (Wildman–Crippen MR) is 65.6 cm³/mol. The van der Waals surface area contributed by atoms with Crippen molar-refractivity contribution in [3.63, 3.8) is 0 Å². The Kier molecular flexibility index (Phi) is 3.71. The van der Waals surface area contributed by atoms with Gasteiger partial charge in [0.05, 0.1) is 0 Å². The smallest absolute Gasteiger partial charge is 0.148 e. The van der Waals surface area contributed by atoms with Crippen LogP contribution in [0.1, 0.15) is 18.4 Å². The van der Waals surface area contributed by atoms with Crippen LogP contribution >= 0.6 is 11.6 Å². The van der Waals surface area contributed by atoms with Crippen LogP contribution in [0.4, 0.5) is 0 Å². The number of ether oxygens (including phenoxy) is 1. The first kappa shape index (κ1) is 11.3. The van der Waals surface area contributed by atoms with Crippen LogP contribution in [0, 0.1) is 12.3 Å². The first-order valence-corrected chi connectivity index (χ1v) is 5.76. The SMILES string of the molecule is C#CCOc1cccc(Cl)c1CNC1CC1. The van der Waals surface area contributed by atoms with Gasteiger partial charge in [0.25, 0.3) is 0 Å². The molecule has 0 atom stereocenters. The molecule has 0 amide bonds. The summed E-state index contributed by atoms with van der Waals surface area (Å²) >= 11 is 6.14. The van der Waals surface area contributed by atoms with Crippen molar-refractivity contribution in [3.05, 3.63) is 28.8 Å². The van der Waals surface area contributed by atoms with Crippen molar-refractivity contribution in [1.29, 1.82) is 0 Å². The Bertz CT molecular complexity index is 407. The van der Waals surface area contributed by atoms with Gasteiger partial charge in [0.1, 0.15) is 12.4 Å². The molecule has 0 spiro atoms. The second-order valence-corrected chi connectivity index (χ2v) is 4.27. The standard InChI is InChI=1S/C13H14ClNO/c1-2-8-16-13-5-3-4-12(14)11(13)9-15-10-6-7-10/h1,3-5,10,15H,6-9H2. The Morgan fingerprint density at radius 3 is 3.00 bits per heavy atom. The normalized spacial score (nSPS) is 14.5. The van der Waals surface area contributed by atoms with Gasteiger partial charge >= 0.3 is 0 Å². The van der Waals surface area contributed by atoms with E-state index in [9.17, 15) is 0 Å². The minimum absolute atomic E-state index is 0.275. The molecule has 16 heavy (non-hydrogen) atoms. The Labute approximate surface area is 101 Å². The molecule has 1 aliphatic carbocycles. The van der Waals surface area contributed by atoms with Gasteiger partial charge < -0.3 is 10.1 Å². The van der Waals surface area contributed by atoms with Gasteiger partial charge in [-0.1, -0.05) is 23.6 Å². The van der Waals surface area contributed by atoms with E-state index in [-0.39, 0.29) is 6.61 Å². The Morgan fingerprint density at radius 1 is 1.50 bits per heavy atom. The maximum atomic E-state index is 6.14. The van der Waals surface area contributed by atoms with Gasteiger partial charge in [0, 0.05) is 23.2 Å². The number of hydrogen-bond donors (Lipinski definition) is 1. The summed E-state index contributed by atoms with van der Waals surface area (Å²) in [5, 5.41) is 4.14. The second-order valence-electron chi connectivity index (χ2n) is 3.86. The molecule has 3 heteroatoms. The molecule has 0 unspecified atom stereocenters. The molecule has 1 aromatic rings. The summed E-state index contributed by atoms with van der Waals surface area (Å²) < 4.78 is 5.46. The van der Waals surface area contributed by atoms with Gasteiger partial charge in [-0.15, -0.1) is 6.42 Å². The third-order valence-corrected chi connectivity index (χ3v) is 2.89. The van der Waals surface area contributed by atoms with Crippen LogP contribution in [0.25, 0.3) is 0 Å². The average Bonchev–Trinajstić information content (AvgIpc) is 3.09. The van der Waals surface area contributed by atoms with Gasteiger partial charge in [-0.25, -0.2) is 0 Å². The van der Waals surface area contributed by atoms with Crippen LogP contribution in [0.3, 0.4) is 0 Å². The lowest BCUT2D eigenvalue weighted by Gasteiger charge is -2.11. The maximum Gasteiger partial charge on any atom is 0.148 e. The van der Waals surface area contributed by atoms with Crippen LogP contribution in [0.5, 0.6) is 5.75 Å².